The van der Waals surface area contributed by atoms with Gasteiger partial charge in [0.25, 0.3) is 0 Å². The van der Waals surface area contributed by atoms with E-state index in [9.17, 15) is 9.59 Å². The molecule has 1 aromatic rings. The summed E-state index contributed by atoms with van der Waals surface area (Å²) in [6.45, 7) is 4.60. The molecule has 1 amide bonds. The molecule has 1 rings (SSSR count). The van der Waals surface area contributed by atoms with Gasteiger partial charge in [0.15, 0.2) is 11.9 Å². The van der Waals surface area contributed by atoms with Crippen LogP contribution in [-0.2, 0) is 9.53 Å². The van der Waals surface area contributed by atoms with E-state index in [0.29, 0.717) is 23.6 Å². The maximum atomic E-state index is 12.3. The average molecular weight is 326 g/mol. The molecule has 4 nitrogen and oxygen atoms in total. The first kappa shape index (κ1) is 18.5. The second-order valence-electron chi connectivity index (χ2n) is 5.19. The second kappa shape index (κ2) is 10.2. The van der Waals surface area contributed by atoms with Gasteiger partial charge in [-0.3, -0.25) is 4.79 Å². The highest BCUT2D eigenvalue weighted by atomic mass is 35.5. The molecule has 0 spiro atoms. The third-order valence-corrected chi connectivity index (χ3v) is 3.52. The first-order valence-electron chi connectivity index (χ1n) is 7.81. The van der Waals surface area contributed by atoms with E-state index in [1.54, 1.807) is 24.3 Å². The highest BCUT2D eigenvalue weighted by Crippen LogP contribution is 2.23. The molecule has 0 aliphatic carbocycles. The van der Waals surface area contributed by atoms with Gasteiger partial charge >= 0.3 is 6.09 Å². The van der Waals surface area contributed by atoms with Gasteiger partial charge in [-0.25, -0.2) is 4.79 Å². The van der Waals surface area contributed by atoms with Gasteiger partial charge in [0.1, 0.15) is 0 Å². The molecule has 122 valence electrons. The highest BCUT2D eigenvalue weighted by Gasteiger charge is 2.24. The summed E-state index contributed by atoms with van der Waals surface area (Å²) in [6.07, 6.45) is 2.53. The summed E-state index contributed by atoms with van der Waals surface area (Å²) in [5.41, 5.74) is 0.649. The Morgan fingerprint density at radius 1 is 1.14 bits per heavy atom. The van der Waals surface area contributed by atoms with Crippen molar-refractivity contribution in [3.05, 3.63) is 34.9 Å². The van der Waals surface area contributed by atoms with Crippen molar-refractivity contribution in [1.29, 1.82) is 0 Å². The van der Waals surface area contributed by atoms with Gasteiger partial charge in [0.2, 0.25) is 0 Å². The Kier molecular flexibility index (Phi) is 8.60. The fourth-order valence-corrected chi connectivity index (χ4v) is 2.08. The number of halogens is 1. The lowest BCUT2D eigenvalue weighted by Crippen LogP contribution is -2.29. The highest BCUT2D eigenvalue weighted by molar-refractivity contribution is 6.30. The van der Waals surface area contributed by atoms with Crippen molar-refractivity contribution in [1.82, 2.24) is 5.32 Å². The summed E-state index contributed by atoms with van der Waals surface area (Å²) < 4.78 is 5.34. The van der Waals surface area contributed by atoms with Crippen molar-refractivity contribution in [3.8, 4) is 0 Å². The van der Waals surface area contributed by atoms with Crippen LogP contribution in [0.3, 0.4) is 0 Å². The maximum absolute atomic E-state index is 12.3. The van der Waals surface area contributed by atoms with Crippen molar-refractivity contribution in [3.63, 3.8) is 0 Å². The van der Waals surface area contributed by atoms with Crippen LogP contribution in [0.15, 0.2) is 24.3 Å². The summed E-state index contributed by atoms with van der Waals surface area (Å²) >= 11 is 5.86. The number of ether oxygens (including phenoxy) is 1. The Hall–Kier alpha value is -1.55. The fraction of sp³-hybridized carbons (Fsp3) is 0.529. The molecule has 0 fully saturated rings. The number of hydrogen-bond donors (Lipinski definition) is 1. The Balaban J connectivity index is 2.75. The lowest BCUT2D eigenvalue weighted by molar-refractivity contribution is -0.127. The second-order valence-corrected chi connectivity index (χ2v) is 5.62. The van der Waals surface area contributed by atoms with Gasteiger partial charge in [-0.15, -0.1) is 0 Å². The monoisotopic (exact) mass is 325 g/mol. The number of benzene rings is 1. The van der Waals surface area contributed by atoms with Crippen LogP contribution in [0.25, 0.3) is 0 Å². The summed E-state index contributed by atoms with van der Waals surface area (Å²) in [5.74, 6) is -0.0881. The molecule has 1 unspecified atom stereocenters. The number of amides is 1. The molecule has 1 N–H and O–H groups in total. The van der Waals surface area contributed by atoms with Crippen molar-refractivity contribution >= 4 is 23.5 Å². The number of alkyl carbamates (subject to hydrolysis) is 1. The van der Waals surface area contributed by atoms with Gasteiger partial charge in [0, 0.05) is 23.6 Å². The SMILES string of the molecule is CCCCNC(=O)OC(C(=O)CCCC)c1ccc(Cl)cc1. The van der Waals surface area contributed by atoms with E-state index in [-0.39, 0.29) is 5.78 Å². The lowest BCUT2D eigenvalue weighted by atomic mass is 10.0. The average Bonchev–Trinajstić information content (AvgIpc) is 2.51. The molecule has 0 bridgehead atoms. The molecule has 0 saturated heterocycles. The fourth-order valence-electron chi connectivity index (χ4n) is 1.96. The quantitative estimate of drug-likeness (QED) is 0.671. The molecule has 0 heterocycles. The van der Waals surface area contributed by atoms with Crippen LogP contribution < -0.4 is 5.32 Å². The van der Waals surface area contributed by atoms with E-state index in [2.05, 4.69) is 5.32 Å². The third-order valence-electron chi connectivity index (χ3n) is 3.27. The zero-order valence-corrected chi connectivity index (χ0v) is 14.0. The van der Waals surface area contributed by atoms with Crippen LogP contribution in [0.2, 0.25) is 5.02 Å². The minimum absolute atomic E-state index is 0.0881. The van der Waals surface area contributed by atoms with Crippen LogP contribution in [-0.4, -0.2) is 18.4 Å². The predicted molar refractivity (Wildman–Crippen MR) is 88.1 cm³/mol. The van der Waals surface area contributed by atoms with Crippen LogP contribution in [0.4, 0.5) is 4.79 Å². The molecule has 0 aromatic heterocycles. The van der Waals surface area contributed by atoms with E-state index in [1.165, 1.54) is 0 Å². The Morgan fingerprint density at radius 3 is 2.36 bits per heavy atom. The molecule has 0 aliphatic rings. The molecule has 0 radical (unpaired) electrons. The third kappa shape index (κ3) is 6.48. The van der Waals surface area contributed by atoms with Crippen LogP contribution in [0, 0.1) is 0 Å². The standard InChI is InChI=1S/C17H24ClNO3/c1-3-5-7-15(20)16(13-8-10-14(18)11-9-13)22-17(21)19-12-6-4-2/h8-11,16H,3-7,12H2,1-2H3,(H,19,21). The number of rotatable bonds is 9. The number of carbonyl (C=O) groups is 2. The lowest BCUT2D eigenvalue weighted by Gasteiger charge is -2.17. The first-order chi connectivity index (χ1) is 10.6. The minimum Gasteiger partial charge on any atom is -0.433 e. The Bertz CT molecular complexity index is 473. The predicted octanol–water partition coefficient (Wildman–Crippen LogP) is 4.67. The van der Waals surface area contributed by atoms with E-state index in [1.807, 2.05) is 13.8 Å². The van der Waals surface area contributed by atoms with E-state index < -0.39 is 12.2 Å². The number of ketones is 1. The number of hydrogen-bond acceptors (Lipinski definition) is 3. The molecular formula is C17H24ClNO3. The largest absolute Gasteiger partial charge is 0.433 e. The van der Waals surface area contributed by atoms with Crippen molar-refractivity contribution < 1.29 is 14.3 Å². The van der Waals surface area contributed by atoms with Crippen molar-refractivity contribution in [2.75, 3.05) is 6.54 Å². The molecule has 0 saturated carbocycles. The first-order valence-corrected chi connectivity index (χ1v) is 8.19. The number of Topliss-reactive ketones (excluding diaryl/α,β-unsaturated/α-hetero) is 1. The maximum Gasteiger partial charge on any atom is 0.408 e. The van der Waals surface area contributed by atoms with Crippen LogP contribution >= 0.6 is 11.6 Å². The molecule has 5 heteroatoms. The summed E-state index contributed by atoms with van der Waals surface area (Å²) in [7, 11) is 0. The van der Waals surface area contributed by atoms with E-state index in [0.717, 1.165) is 25.7 Å². The molecule has 0 aliphatic heterocycles. The molecule has 1 aromatic carbocycles. The summed E-state index contributed by atoms with van der Waals surface area (Å²) in [6, 6.07) is 6.82. The van der Waals surface area contributed by atoms with Gasteiger partial charge in [-0.2, -0.15) is 0 Å². The van der Waals surface area contributed by atoms with Crippen LogP contribution in [0.5, 0.6) is 0 Å². The smallest absolute Gasteiger partial charge is 0.408 e. The molecule has 1 atom stereocenters. The normalized spacial score (nSPS) is 11.8. The van der Waals surface area contributed by atoms with E-state index in [4.69, 9.17) is 16.3 Å². The summed E-state index contributed by atoms with van der Waals surface area (Å²) in [4.78, 5) is 24.2. The van der Waals surface area contributed by atoms with Gasteiger partial charge < -0.3 is 10.1 Å². The molecule has 22 heavy (non-hydrogen) atoms. The Morgan fingerprint density at radius 2 is 1.77 bits per heavy atom. The van der Waals surface area contributed by atoms with Crippen molar-refractivity contribution in [2.24, 2.45) is 0 Å². The zero-order chi connectivity index (χ0) is 16.4. The number of unbranched alkanes of at least 4 members (excludes halogenated alkanes) is 2. The minimum atomic E-state index is -0.870. The number of nitrogens with one attached hydrogen (secondary N) is 1. The van der Waals surface area contributed by atoms with E-state index >= 15 is 0 Å². The van der Waals surface area contributed by atoms with Crippen molar-refractivity contribution in [2.45, 2.75) is 52.1 Å². The Labute approximate surface area is 137 Å². The summed E-state index contributed by atoms with van der Waals surface area (Å²) in [5, 5.41) is 3.25. The van der Waals surface area contributed by atoms with Gasteiger partial charge in [0.05, 0.1) is 0 Å². The van der Waals surface area contributed by atoms with Crippen LogP contribution in [0.1, 0.15) is 57.6 Å². The number of carbonyl (C=O) groups excluding carboxylic acids is 2. The topological polar surface area (TPSA) is 55.4 Å². The van der Waals surface area contributed by atoms with Gasteiger partial charge in [-0.1, -0.05) is 50.4 Å². The molecular weight excluding hydrogens is 302 g/mol. The zero-order valence-electron chi connectivity index (χ0n) is 13.2. The van der Waals surface area contributed by atoms with Gasteiger partial charge in [-0.05, 0) is 25.0 Å².